The Bertz CT molecular complexity index is 661. The van der Waals surface area contributed by atoms with Gasteiger partial charge in [-0.3, -0.25) is 9.69 Å². The summed E-state index contributed by atoms with van der Waals surface area (Å²) in [4.78, 5) is 38.5. The molecule has 7 nitrogen and oxygen atoms in total. The quantitative estimate of drug-likeness (QED) is 0.737. The molecule has 0 saturated heterocycles. The van der Waals surface area contributed by atoms with Crippen molar-refractivity contribution in [3.8, 4) is 0 Å². The molecule has 1 aliphatic rings. The summed E-state index contributed by atoms with van der Waals surface area (Å²) in [5.41, 5.74) is 0.706. The van der Waals surface area contributed by atoms with Crippen LogP contribution in [-0.4, -0.2) is 55.6 Å². The van der Waals surface area contributed by atoms with E-state index in [1.807, 2.05) is 0 Å². The summed E-state index contributed by atoms with van der Waals surface area (Å²) in [5, 5.41) is 2.79. The predicted molar refractivity (Wildman–Crippen MR) is 102 cm³/mol. The van der Waals surface area contributed by atoms with E-state index in [9.17, 15) is 14.4 Å². The number of carbonyl (C=O) groups excluding carboxylic acids is 3. The Morgan fingerprint density at radius 3 is 2.00 bits per heavy atom. The van der Waals surface area contributed by atoms with E-state index in [2.05, 4.69) is 24.1 Å². The van der Waals surface area contributed by atoms with Gasteiger partial charge in [-0.1, -0.05) is 12.8 Å². The zero-order chi connectivity index (χ0) is 20.0. The molecule has 2 rings (SSSR count). The molecule has 1 aromatic carbocycles. The zero-order valence-electron chi connectivity index (χ0n) is 16.4. The summed E-state index contributed by atoms with van der Waals surface area (Å²) < 4.78 is 9.43. The number of carbonyl (C=O) groups is 3. The Kier molecular flexibility index (Phi) is 7.36. The Hall–Kier alpha value is -2.41. The lowest BCUT2D eigenvalue weighted by Gasteiger charge is -2.31. The van der Waals surface area contributed by atoms with Gasteiger partial charge in [0.1, 0.15) is 0 Å². The van der Waals surface area contributed by atoms with E-state index in [-0.39, 0.29) is 29.6 Å². The van der Waals surface area contributed by atoms with Gasteiger partial charge in [-0.2, -0.15) is 0 Å². The SMILES string of the molecule is COC(=O)c1cc(NC(=O)CN(C(C)C)C2CCCC2)cc(C(=O)OC)c1. The fourth-order valence-electron chi connectivity index (χ4n) is 3.51. The number of rotatable bonds is 7. The molecule has 0 bridgehead atoms. The first-order chi connectivity index (χ1) is 12.8. The minimum absolute atomic E-state index is 0.173. The second kappa shape index (κ2) is 9.50. The van der Waals surface area contributed by atoms with Crippen molar-refractivity contribution in [3.05, 3.63) is 29.3 Å². The van der Waals surface area contributed by atoms with Crippen molar-refractivity contribution in [2.24, 2.45) is 0 Å². The molecule has 1 N–H and O–H groups in total. The summed E-state index contributed by atoms with van der Waals surface area (Å²) in [7, 11) is 2.51. The topological polar surface area (TPSA) is 84.9 Å². The number of nitrogens with zero attached hydrogens (tertiary/aromatic N) is 1. The van der Waals surface area contributed by atoms with E-state index in [0.717, 1.165) is 12.8 Å². The number of amides is 1. The summed E-state index contributed by atoms with van der Waals surface area (Å²) in [6.07, 6.45) is 4.60. The van der Waals surface area contributed by atoms with Gasteiger partial charge in [0.25, 0.3) is 0 Å². The van der Waals surface area contributed by atoms with Crippen LogP contribution in [0.15, 0.2) is 18.2 Å². The maximum absolute atomic E-state index is 12.6. The monoisotopic (exact) mass is 376 g/mol. The molecule has 0 unspecified atom stereocenters. The summed E-state index contributed by atoms with van der Waals surface area (Å²) in [6, 6.07) is 5.04. The lowest BCUT2D eigenvalue weighted by atomic mass is 10.1. The van der Waals surface area contributed by atoms with Crippen molar-refractivity contribution in [2.45, 2.75) is 51.6 Å². The number of benzene rings is 1. The first-order valence-corrected chi connectivity index (χ1v) is 9.23. The number of nitrogens with one attached hydrogen (secondary N) is 1. The average Bonchev–Trinajstić information content (AvgIpc) is 3.18. The van der Waals surface area contributed by atoms with Gasteiger partial charge >= 0.3 is 11.9 Å². The Balaban J connectivity index is 2.17. The molecule has 1 amide bonds. The van der Waals surface area contributed by atoms with Gasteiger partial charge < -0.3 is 14.8 Å². The number of hydrogen-bond acceptors (Lipinski definition) is 6. The molecule has 0 aliphatic heterocycles. The molecule has 1 aromatic rings. The maximum Gasteiger partial charge on any atom is 0.337 e. The molecule has 0 heterocycles. The number of anilines is 1. The summed E-state index contributed by atoms with van der Waals surface area (Å²) in [6.45, 7) is 4.43. The van der Waals surface area contributed by atoms with Crippen LogP contribution >= 0.6 is 0 Å². The number of ether oxygens (including phenoxy) is 2. The van der Waals surface area contributed by atoms with Gasteiger partial charge in [0.05, 0.1) is 31.9 Å². The first kappa shape index (κ1) is 20.9. The summed E-state index contributed by atoms with van der Waals surface area (Å²) >= 11 is 0. The number of methoxy groups -OCH3 is 2. The number of hydrogen-bond donors (Lipinski definition) is 1. The van der Waals surface area contributed by atoms with Gasteiger partial charge in [0.15, 0.2) is 0 Å². The minimum atomic E-state index is -0.592. The molecule has 1 fully saturated rings. The smallest absolute Gasteiger partial charge is 0.337 e. The summed E-state index contributed by atoms with van der Waals surface area (Å²) in [5.74, 6) is -1.37. The second-order valence-electron chi connectivity index (χ2n) is 7.03. The first-order valence-electron chi connectivity index (χ1n) is 9.23. The Labute approximate surface area is 160 Å². The van der Waals surface area contributed by atoms with Crippen molar-refractivity contribution >= 4 is 23.5 Å². The highest BCUT2D eigenvalue weighted by Crippen LogP contribution is 2.25. The van der Waals surface area contributed by atoms with Crippen molar-refractivity contribution < 1.29 is 23.9 Å². The van der Waals surface area contributed by atoms with Crippen molar-refractivity contribution in [3.63, 3.8) is 0 Å². The van der Waals surface area contributed by atoms with Gasteiger partial charge in [0, 0.05) is 17.8 Å². The van der Waals surface area contributed by atoms with E-state index in [1.165, 1.54) is 45.3 Å². The second-order valence-corrected chi connectivity index (χ2v) is 7.03. The van der Waals surface area contributed by atoms with Gasteiger partial charge in [0.2, 0.25) is 5.91 Å². The average molecular weight is 376 g/mol. The molecule has 7 heteroatoms. The fraction of sp³-hybridized carbons (Fsp3) is 0.550. The molecule has 0 atom stereocenters. The molecule has 27 heavy (non-hydrogen) atoms. The third-order valence-corrected chi connectivity index (χ3v) is 4.84. The molecule has 148 valence electrons. The van der Waals surface area contributed by atoms with E-state index >= 15 is 0 Å². The van der Waals surface area contributed by atoms with Crippen molar-refractivity contribution in [1.82, 2.24) is 4.90 Å². The largest absolute Gasteiger partial charge is 0.465 e. The third-order valence-electron chi connectivity index (χ3n) is 4.84. The van der Waals surface area contributed by atoms with Crippen LogP contribution in [0.3, 0.4) is 0 Å². The highest BCUT2D eigenvalue weighted by molar-refractivity contribution is 5.99. The number of esters is 2. The van der Waals surface area contributed by atoms with Crippen LogP contribution in [0.4, 0.5) is 5.69 Å². The normalized spacial score (nSPS) is 14.4. The van der Waals surface area contributed by atoms with Crippen molar-refractivity contribution in [2.75, 3.05) is 26.1 Å². The molecule has 0 radical (unpaired) electrons. The molecular weight excluding hydrogens is 348 g/mol. The molecule has 0 aromatic heterocycles. The van der Waals surface area contributed by atoms with Gasteiger partial charge in [-0.15, -0.1) is 0 Å². The van der Waals surface area contributed by atoms with E-state index in [1.54, 1.807) is 0 Å². The predicted octanol–water partition coefficient (Wildman–Crippen LogP) is 2.85. The van der Waals surface area contributed by atoms with Crippen LogP contribution in [0.25, 0.3) is 0 Å². The van der Waals surface area contributed by atoms with Crippen molar-refractivity contribution in [1.29, 1.82) is 0 Å². The van der Waals surface area contributed by atoms with E-state index in [0.29, 0.717) is 11.7 Å². The molecule has 1 aliphatic carbocycles. The highest BCUT2D eigenvalue weighted by atomic mass is 16.5. The Morgan fingerprint density at radius 1 is 1.04 bits per heavy atom. The zero-order valence-corrected chi connectivity index (χ0v) is 16.4. The molecule has 0 spiro atoms. The van der Waals surface area contributed by atoms with Crippen LogP contribution in [-0.2, 0) is 14.3 Å². The van der Waals surface area contributed by atoms with Crippen LogP contribution in [0.2, 0.25) is 0 Å². The third kappa shape index (κ3) is 5.53. The minimum Gasteiger partial charge on any atom is -0.465 e. The van der Waals surface area contributed by atoms with Gasteiger partial charge in [-0.05, 0) is 44.9 Å². The lowest BCUT2D eigenvalue weighted by Crippen LogP contribution is -2.43. The van der Waals surface area contributed by atoms with E-state index < -0.39 is 11.9 Å². The molecular formula is C20H28N2O5. The fourth-order valence-corrected chi connectivity index (χ4v) is 3.51. The Morgan fingerprint density at radius 2 is 1.56 bits per heavy atom. The standard InChI is InChI=1S/C20H28N2O5/c1-13(2)22(17-7-5-6-8-17)12-18(23)21-16-10-14(19(24)26-3)9-15(11-16)20(25)27-4/h9-11,13,17H,5-8,12H2,1-4H3,(H,21,23). The maximum atomic E-state index is 12.6. The van der Waals surface area contributed by atoms with Crippen LogP contribution in [0, 0.1) is 0 Å². The van der Waals surface area contributed by atoms with Gasteiger partial charge in [-0.25, -0.2) is 9.59 Å². The van der Waals surface area contributed by atoms with E-state index in [4.69, 9.17) is 9.47 Å². The lowest BCUT2D eigenvalue weighted by molar-refractivity contribution is -0.118. The van der Waals surface area contributed by atoms with Crippen LogP contribution in [0.1, 0.15) is 60.2 Å². The van der Waals surface area contributed by atoms with Crippen LogP contribution in [0.5, 0.6) is 0 Å². The molecule has 1 saturated carbocycles. The highest BCUT2D eigenvalue weighted by Gasteiger charge is 2.26. The van der Waals surface area contributed by atoms with Crippen LogP contribution < -0.4 is 5.32 Å².